The fourth-order valence-corrected chi connectivity index (χ4v) is 5.69. The molecule has 1 aliphatic rings. The summed E-state index contributed by atoms with van der Waals surface area (Å²) in [4.78, 5) is 12.9. The van der Waals surface area contributed by atoms with Crippen molar-refractivity contribution in [1.29, 1.82) is 0 Å². The molecule has 178 valence electrons. The largest absolute Gasteiger partial charge is 0.322 e. The standard InChI is InChI=1S/C23H24N4O5S2/c1-33(29,30)22-13-12-21(25-26-22)18-6-5-7-19(16-18)24-23(28)17-8-10-20(11-9-17)34(31,32)27-14-3-2-4-15-27/h5-13,16H,2-4,14-15H2,1H3,(H,24,28). The van der Waals surface area contributed by atoms with Gasteiger partial charge in [0, 0.05) is 36.2 Å². The highest BCUT2D eigenvalue weighted by atomic mass is 32.2. The summed E-state index contributed by atoms with van der Waals surface area (Å²) in [6.45, 7) is 1.03. The number of sulfone groups is 1. The van der Waals surface area contributed by atoms with E-state index in [2.05, 4.69) is 15.5 Å². The summed E-state index contributed by atoms with van der Waals surface area (Å²) in [6.07, 6.45) is 3.80. The smallest absolute Gasteiger partial charge is 0.255 e. The third kappa shape index (κ3) is 5.32. The highest BCUT2D eigenvalue weighted by Crippen LogP contribution is 2.23. The molecule has 0 radical (unpaired) electrons. The second-order valence-corrected chi connectivity index (χ2v) is 12.0. The van der Waals surface area contributed by atoms with Crippen molar-refractivity contribution >= 4 is 31.5 Å². The molecule has 2 heterocycles. The number of nitrogens with zero attached hydrogens (tertiary/aromatic N) is 3. The van der Waals surface area contributed by atoms with Gasteiger partial charge in [0.1, 0.15) is 0 Å². The third-order valence-corrected chi connectivity index (χ3v) is 8.40. The Hall–Kier alpha value is -3.15. The van der Waals surface area contributed by atoms with Crippen LogP contribution in [0.25, 0.3) is 11.3 Å². The predicted octanol–water partition coefficient (Wildman–Crippen LogP) is 2.97. The third-order valence-electron chi connectivity index (χ3n) is 5.51. The molecular weight excluding hydrogens is 476 g/mol. The lowest BCUT2D eigenvalue weighted by molar-refractivity contribution is 0.102. The van der Waals surface area contributed by atoms with E-state index in [-0.39, 0.29) is 9.92 Å². The van der Waals surface area contributed by atoms with Gasteiger partial charge in [-0.25, -0.2) is 16.8 Å². The van der Waals surface area contributed by atoms with Gasteiger partial charge in [-0.3, -0.25) is 4.79 Å². The van der Waals surface area contributed by atoms with Crippen LogP contribution in [-0.2, 0) is 19.9 Å². The Bertz CT molecular complexity index is 1400. The van der Waals surface area contributed by atoms with Gasteiger partial charge in [0.25, 0.3) is 5.91 Å². The maximum atomic E-state index is 12.8. The minimum absolute atomic E-state index is 0.119. The summed E-state index contributed by atoms with van der Waals surface area (Å²) in [5, 5.41) is 10.4. The molecule has 0 spiro atoms. The Balaban J connectivity index is 1.48. The average molecular weight is 501 g/mol. The maximum absolute atomic E-state index is 12.8. The van der Waals surface area contributed by atoms with Gasteiger partial charge in [-0.2, -0.15) is 4.31 Å². The van der Waals surface area contributed by atoms with Crippen LogP contribution in [0, 0.1) is 0 Å². The SMILES string of the molecule is CS(=O)(=O)c1ccc(-c2cccc(NC(=O)c3ccc(S(=O)(=O)N4CCCCC4)cc3)c2)nn1. The van der Waals surface area contributed by atoms with Crippen molar-refractivity contribution in [3.8, 4) is 11.3 Å². The van der Waals surface area contributed by atoms with Crippen molar-refractivity contribution in [3.05, 3.63) is 66.2 Å². The summed E-state index contributed by atoms with van der Waals surface area (Å²) in [7, 11) is -7.01. The first-order chi connectivity index (χ1) is 16.1. The molecule has 0 atom stereocenters. The zero-order valence-corrected chi connectivity index (χ0v) is 20.1. The second-order valence-electron chi connectivity index (χ2n) is 8.05. The van der Waals surface area contributed by atoms with E-state index in [1.165, 1.54) is 34.6 Å². The van der Waals surface area contributed by atoms with Crippen molar-refractivity contribution in [2.45, 2.75) is 29.2 Å². The zero-order valence-electron chi connectivity index (χ0n) is 18.5. The first-order valence-electron chi connectivity index (χ1n) is 10.7. The van der Waals surface area contributed by atoms with Crippen LogP contribution >= 0.6 is 0 Å². The maximum Gasteiger partial charge on any atom is 0.255 e. The van der Waals surface area contributed by atoms with E-state index in [1.807, 2.05) is 0 Å². The van der Waals surface area contributed by atoms with E-state index in [4.69, 9.17) is 0 Å². The Labute approximate surface area is 198 Å². The lowest BCUT2D eigenvalue weighted by atomic mass is 10.1. The highest BCUT2D eigenvalue weighted by Gasteiger charge is 2.26. The van der Waals surface area contributed by atoms with Crippen LogP contribution in [0.1, 0.15) is 29.6 Å². The molecule has 2 aromatic carbocycles. The molecule has 0 bridgehead atoms. The molecule has 3 aromatic rings. The first-order valence-corrected chi connectivity index (χ1v) is 14.0. The van der Waals surface area contributed by atoms with Crippen molar-refractivity contribution in [2.75, 3.05) is 24.7 Å². The van der Waals surface area contributed by atoms with Gasteiger partial charge in [0.2, 0.25) is 10.0 Å². The first kappa shape index (κ1) is 24.0. The molecule has 1 aliphatic heterocycles. The normalized spacial score (nSPS) is 15.1. The number of piperidine rings is 1. The van der Waals surface area contributed by atoms with Gasteiger partial charge in [-0.05, 0) is 61.4 Å². The number of aromatic nitrogens is 2. The Kier molecular flexibility index (Phi) is 6.78. The highest BCUT2D eigenvalue weighted by molar-refractivity contribution is 7.90. The van der Waals surface area contributed by atoms with E-state index >= 15 is 0 Å². The van der Waals surface area contributed by atoms with Crippen LogP contribution in [0.2, 0.25) is 0 Å². The number of anilines is 1. The number of carbonyl (C=O) groups is 1. The Morgan fingerprint density at radius 2 is 1.59 bits per heavy atom. The van der Waals surface area contributed by atoms with Gasteiger partial charge < -0.3 is 5.32 Å². The molecule has 34 heavy (non-hydrogen) atoms. The monoisotopic (exact) mass is 500 g/mol. The molecule has 11 heteroatoms. The van der Waals surface area contributed by atoms with Gasteiger partial charge in [0.05, 0.1) is 10.6 Å². The number of hydrogen-bond acceptors (Lipinski definition) is 7. The second kappa shape index (κ2) is 9.61. The Morgan fingerprint density at radius 3 is 2.21 bits per heavy atom. The fourth-order valence-electron chi connectivity index (χ4n) is 3.66. The summed E-state index contributed by atoms with van der Waals surface area (Å²) in [5.41, 5.74) is 1.92. The number of amides is 1. The lowest BCUT2D eigenvalue weighted by Crippen LogP contribution is -2.35. The van der Waals surface area contributed by atoms with Crippen LogP contribution in [0.4, 0.5) is 5.69 Å². The number of rotatable bonds is 6. The molecular formula is C23H24N4O5S2. The molecule has 0 aliphatic carbocycles. The predicted molar refractivity (Wildman–Crippen MR) is 128 cm³/mol. The van der Waals surface area contributed by atoms with Gasteiger partial charge in [-0.1, -0.05) is 18.6 Å². The number of nitrogens with one attached hydrogen (secondary N) is 1. The molecule has 1 N–H and O–H groups in total. The molecule has 0 unspecified atom stereocenters. The van der Waals surface area contributed by atoms with Crippen LogP contribution in [0.15, 0.2) is 70.6 Å². The topological polar surface area (TPSA) is 126 Å². The zero-order chi connectivity index (χ0) is 24.3. The van der Waals surface area contributed by atoms with E-state index in [0.29, 0.717) is 35.6 Å². The van der Waals surface area contributed by atoms with E-state index in [0.717, 1.165) is 25.5 Å². The number of sulfonamides is 1. The molecule has 1 saturated heterocycles. The van der Waals surface area contributed by atoms with Crippen molar-refractivity contribution < 1.29 is 21.6 Å². The van der Waals surface area contributed by atoms with Gasteiger partial charge in [-0.15, -0.1) is 10.2 Å². The lowest BCUT2D eigenvalue weighted by Gasteiger charge is -2.25. The molecule has 0 saturated carbocycles. The minimum Gasteiger partial charge on any atom is -0.322 e. The fraction of sp³-hybridized carbons (Fsp3) is 0.261. The number of carbonyl (C=O) groups excluding carboxylic acids is 1. The van der Waals surface area contributed by atoms with Crippen LogP contribution in [0.3, 0.4) is 0 Å². The molecule has 4 rings (SSSR count). The summed E-state index contributed by atoms with van der Waals surface area (Å²) >= 11 is 0. The van der Waals surface area contributed by atoms with Crippen molar-refractivity contribution in [1.82, 2.24) is 14.5 Å². The number of benzene rings is 2. The van der Waals surface area contributed by atoms with Crippen LogP contribution in [-0.4, -0.2) is 56.6 Å². The van der Waals surface area contributed by atoms with E-state index in [9.17, 15) is 21.6 Å². The number of hydrogen-bond donors (Lipinski definition) is 1. The van der Waals surface area contributed by atoms with E-state index in [1.54, 1.807) is 30.3 Å². The summed E-state index contributed by atoms with van der Waals surface area (Å²) in [6, 6.07) is 15.7. The average Bonchev–Trinajstić information content (AvgIpc) is 2.84. The molecule has 1 fully saturated rings. The van der Waals surface area contributed by atoms with Gasteiger partial charge >= 0.3 is 0 Å². The molecule has 1 aromatic heterocycles. The molecule has 1 amide bonds. The summed E-state index contributed by atoms with van der Waals surface area (Å²) in [5.74, 6) is -0.391. The summed E-state index contributed by atoms with van der Waals surface area (Å²) < 4.78 is 50.2. The van der Waals surface area contributed by atoms with E-state index < -0.39 is 25.8 Å². The Morgan fingerprint density at radius 1 is 0.882 bits per heavy atom. The van der Waals surface area contributed by atoms with Crippen molar-refractivity contribution in [2.24, 2.45) is 0 Å². The quantitative estimate of drug-likeness (QED) is 0.551. The van der Waals surface area contributed by atoms with Gasteiger partial charge in [0.15, 0.2) is 14.9 Å². The minimum atomic E-state index is -3.56. The molecule has 9 nitrogen and oxygen atoms in total. The van der Waals surface area contributed by atoms with Crippen LogP contribution < -0.4 is 5.32 Å². The van der Waals surface area contributed by atoms with Crippen LogP contribution in [0.5, 0.6) is 0 Å². The van der Waals surface area contributed by atoms with Crippen molar-refractivity contribution in [3.63, 3.8) is 0 Å².